The Morgan fingerprint density at radius 3 is 1.08 bits per heavy atom. The fraction of sp³-hybridized carbons (Fsp3) is 0.111. The summed E-state index contributed by atoms with van der Waals surface area (Å²) >= 11 is 0. The molecule has 4 aromatic carbocycles. The zero-order valence-corrected chi connectivity index (χ0v) is 37.8. The minimum absolute atomic E-state index is 0. The van der Waals surface area contributed by atoms with Crippen LogP contribution in [-0.4, -0.2) is 151 Å². The van der Waals surface area contributed by atoms with Crippen LogP contribution in [0.3, 0.4) is 0 Å². The van der Waals surface area contributed by atoms with Gasteiger partial charge in [-0.25, -0.2) is 0 Å². The predicted molar refractivity (Wildman–Crippen MR) is 230 cm³/mol. The van der Waals surface area contributed by atoms with E-state index in [4.69, 9.17) is 0 Å². The molecule has 0 saturated heterocycles. The molecule has 0 aliphatic heterocycles. The van der Waals surface area contributed by atoms with Crippen LogP contribution in [0.1, 0.15) is 11.1 Å². The van der Waals surface area contributed by atoms with Gasteiger partial charge in [0, 0.05) is 95.0 Å². The van der Waals surface area contributed by atoms with E-state index < -0.39 is 30.0 Å². The third-order valence-electron chi connectivity index (χ3n) is 7.66. The van der Waals surface area contributed by atoms with E-state index in [2.05, 4.69) is 61.8 Å². The molecule has 6 rings (SSSR count). The monoisotopic (exact) mass is 874 g/mol. The summed E-state index contributed by atoms with van der Waals surface area (Å²) in [5.41, 5.74) is 1.59. The van der Waals surface area contributed by atoms with E-state index in [9.17, 15) is 36.2 Å². The first-order chi connectivity index (χ1) is 27.9. The number of hydrogen-bond acceptors (Lipinski definition) is 18. The van der Waals surface area contributed by atoms with E-state index in [-0.39, 0.29) is 144 Å². The molecule has 2 heterocycles. The van der Waals surface area contributed by atoms with E-state index >= 15 is 0 Å². The first kappa shape index (κ1) is 47.9. The standard InChI is InChI=1S/C36H36N12O8S2.2Na/c49-19-17-37-31-43-33(39-25-7-3-1-4-8-25)47-35(45-31)41-27-15-13-23(29(21-27)57(51,52)53)11-12-24-14-16-28(22-30(24)58(54,55)56)42-36-46-32(38-18-20-50)44-34(48-36)40-26-9-5-2-6-10-26;;/h1-16,21-22,49-50H,17-20H2,(H,51,52,53)(H,54,55,56)(H3,37,39,41,43,45,47)(H3,38,40,42,44,46,48);;. The Balaban J connectivity index is 0.00000397. The topological polar surface area (TPSA) is 299 Å². The number of nitrogens with zero attached hydrogens (tertiary/aromatic N) is 6. The fourth-order valence-electron chi connectivity index (χ4n) is 5.15. The van der Waals surface area contributed by atoms with Gasteiger partial charge >= 0.3 is 0 Å². The first-order valence-corrected chi connectivity index (χ1v) is 20.1. The van der Waals surface area contributed by atoms with Crippen molar-refractivity contribution in [3.8, 4) is 0 Å². The molecule has 0 aliphatic carbocycles. The molecule has 6 aromatic rings. The van der Waals surface area contributed by atoms with E-state index in [1.807, 2.05) is 36.4 Å². The van der Waals surface area contributed by atoms with Gasteiger partial charge in [-0.1, -0.05) is 60.7 Å². The molecule has 2 aromatic heterocycles. The number of nitrogens with one attached hydrogen (secondary N) is 6. The summed E-state index contributed by atoms with van der Waals surface area (Å²) in [6.07, 6.45) is 2.50. The van der Waals surface area contributed by atoms with Gasteiger partial charge in [-0.2, -0.15) is 46.7 Å². The SMILES string of the molecule is O=S(=O)(O)c1cc(Nc2nc(NCCO)nc(Nc3ccccc3)n2)ccc1C=Cc1ccc(Nc2nc(NCCO)nc(Nc3ccccc3)n2)cc1S(=O)(=O)O.[Na].[Na]. The molecule has 0 unspecified atom stereocenters. The molecule has 0 atom stereocenters. The molecule has 0 bridgehead atoms. The van der Waals surface area contributed by atoms with Crippen LogP contribution in [0.15, 0.2) is 107 Å². The number of rotatable bonds is 18. The second-order valence-electron chi connectivity index (χ2n) is 11.9. The van der Waals surface area contributed by atoms with Gasteiger partial charge in [-0.15, -0.1) is 0 Å². The summed E-state index contributed by atoms with van der Waals surface area (Å²) in [5, 5.41) is 36.1. The Hall–Kier alpha value is -4.82. The Morgan fingerprint density at radius 2 is 0.767 bits per heavy atom. The van der Waals surface area contributed by atoms with Crippen molar-refractivity contribution in [2.45, 2.75) is 9.79 Å². The Labute approximate surface area is 389 Å². The molecule has 0 saturated carbocycles. The molecular formula is C36H36N12Na2O8S2. The van der Waals surface area contributed by atoms with Crippen LogP contribution in [0.4, 0.5) is 58.4 Å². The zero-order valence-electron chi connectivity index (χ0n) is 32.1. The normalized spacial score (nSPS) is 11.2. The molecule has 10 N–H and O–H groups in total. The van der Waals surface area contributed by atoms with Gasteiger partial charge in [-0.3, -0.25) is 9.11 Å². The summed E-state index contributed by atoms with van der Waals surface area (Å²) in [5.74, 6) is 0.452. The maximum Gasteiger partial charge on any atom is 0.295 e. The van der Waals surface area contributed by atoms with Crippen molar-refractivity contribution in [2.75, 3.05) is 58.2 Å². The van der Waals surface area contributed by atoms with Crippen LogP contribution in [0.5, 0.6) is 0 Å². The van der Waals surface area contributed by atoms with Gasteiger partial charge < -0.3 is 42.1 Å². The first-order valence-electron chi connectivity index (χ1n) is 17.2. The summed E-state index contributed by atoms with van der Waals surface area (Å²) in [7, 11) is -9.70. The molecule has 0 amide bonds. The molecule has 0 spiro atoms. The van der Waals surface area contributed by atoms with Crippen molar-refractivity contribution in [3.05, 3.63) is 108 Å². The molecule has 302 valence electrons. The smallest absolute Gasteiger partial charge is 0.295 e. The minimum atomic E-state index is -4.85. The van der Waals surface area contributed by atoms with Crippen molar-refractivity contribution in [3.63, 3.8) is 0 Å². The Kier molecular flexibility index (Phi) is 17.7. The maximum absolute atomic E-state index is 12.6. The second kappa shape index (κ2) is 22.1. The number of hydrogen-bond donors (Lipinski definition) is 10. The van der Waals surface area contributed by atoms with E-state index in [0.717, 1.165) is 12.1 Å². The van der Waals surface area contributed by atoms with Crippen LogP contribution < -0.4 is 31.9 Å². The third kappa shape index (κ3) is 13.9. The van der Waals surface area contributed by atoms with Crippen molar-refractivity contribution in [2.24, 2.45) is 0 Å². The molecule has 60 heavy (non-hydrogen) atoms. The molecule has 20 nitrogen and oxygen atoms in total. The van der Waals surface area contributed by atoms with Gasteiger partial charge in [-0.05, 0) is 59.7 Å². The number of para-hydroxylation sites is 2. The van der Waals surface area contributed by atoms with Crippen molar-refractivity contribution in [1.82, 2.24) is 29.9 Å². The van der Waals surface area contributed by atoms with Gasteiger partial charge in [0.15, 0.2) is 0 Å². The number of benzene rings is 4. The quantitative estimate of drug-likeness (QED) is 0.0334. The predicted octanol–water partition coefficient (Wildman–Crippen LogP) is 3.74. The van der Waals surface area contributed by atoms with Crippen LogP contribution in [0.25, 0.3) is 12.2 Å². The zero-order chi connectivity index (χ0) is 41.1. The Bertz CT molecular complexity index is 2460. The maximum atomic E-state index is 12.6. The van der Waals surface area contributed by atoms with Crippen LogP contribution in [0, 0.1) is 0 Å². The second-order valence-corrected chi connectivity index (χ2v) is 14.7. The molecule has 24 heteroatoms. The molecule has 0 aliphatic rings. The average molecular weight is 875 g/mol. The van der Waals surface area contributed by atoms with Gasteiger partial charge in [0.2, 0.25) is 35.7 Å². The van der Waals surface area contributed by atoms with Crippen LogP contribution >= 0.6 is 0 Å². The Morgan fingerprint density at radius 1 is 0.450 bits per heavy atom. The van der Waals surface area contributed by atoms with Crippen molar-refractivity contribution >= 4 is 150 Å². The largest absolute Gasteiger partial charge is 0.395 e. The van der Waals surface area contributed by atoms with Crippen molar-refractivity contribution in [1.29, 1.82) is 0 Å². The van der Waals surface area contributed by atoms with E-state index in [1.54, 1.807) is 24.3 Å². The number of aromatic nitrogens is 6. The number of anilines is 10. The minimum Gasteiger partial charge on any atom is -0.395 e. The summed E-state index contributed by atoms with van der Waals surface area (Å²) < 4.78 is 70.7. The number of aliphatic hydroxyl groups excluding tert-OH is 2. The molecular weight excluding hydrogens is 839 g/mol. The van der Waals surface area contributed by atoms with E-state index in [0.29, 0.717) is 11.4 Å². The van der Waals surface area contributed by atoms with E-state index in [1.165, 1.54) is 36.4 Å². The van der Waals surface area contributed by atoms with Gasteiger partial charge in [0.25, 0.3) is 20.2 Å². The summed E-state index contributed by atoms with van der Waals surface area (Å²) in [6.45, 7) is -0.123. The molecule has 0 fully saturated rings. The average Bonchev–Trinajstić information content (AvgIpc) is 3.19. The summed E-state index contributed by atoms with van der Waals surface area (Å²) in [6, 6.07) is 26.0. The van der Waals surface area contributed by atoms with Crippen molar-refractivity contribution < 1.29 is 36.2 Å². The fourth-order valence-corrected chi connectivity index (χ4v) is 6.57. The number of aliphatic hydroxyl groups is 2. The summed E-state index contributed by atoms with van der Waals surface area (Å²) in [4.78, 5) is 24.7. The van der Waals surface area contributed by atoms with Crippen LogP contribution in [0.2, 0.25) is 0 Å². The van der Waals surface area contributed by atoms with Crippen LogP contribution in [-0.2, 0) is 20.2 Å². The third-order valence-corrected chi connectivity index (χ3v) is 9.48. The molecule has 2 radical (unpaired) electrons. The van der Waals surface area contributed by atoms with Gasteiger partial charge in [0.1, 0.15) is 9.79 Å². The van der Waals surface area contributed by atoms with Gasteiger partial charge in [0.05, 0.1) is 13.2 Å².